The van der Waals surface area contributed by atoms with Gasteiger partial charge in [-0.15, -0.1) is 0 Å². The van der Waals surface area contributed by atoms with Gasteiger partial charge in [-0.25, -0.2) is 0 Å². The van der Waals surface area contributed by atoms with Crippen molar-refractivity contribution in [2.75, 3.05) is 0 Å². The van der Waals surface area contributed by atoms with Crippen LogP contribution in [0.1, 0.15) is 25.0 Å². The number of aliphatic hydroxyl groups is 1. The lowest BCUT2D eigenvalue weighted by Gasteiger charge is -2.08. The maximum absolute atomic E-state index is 9.45. The molecule has 0 saturated carbocycles. The number of hydrogen-bond donors (Lipinski definition) is 2. The van der Waals surface area contributed by atoms with E-state index < -0.39 is 0 Å². The van der Waals surface area contributed by atoms with Crippen LogP contribution in [0.25, 0.3) is 5.57 Å². The van der Waals surface area contributed by atoms with Gasteiger partial charge in [0, 0.05) is 5.56 Å². The van der Waals surface area contributed by atoms with Gasteiger partial charge >= 0.3 is 0 Å². The molecule has 0 radical (unpaired) electrons. The minimum atomic E-state index is -0.132. The van der Waals surface area contributed by atoms with E-state index >= 15 is 0 Å². The van der Waals surface area contributed by atoms with Crippen molar-refractivity contribution in [2.45, 2.75) is 20.5 Å². The van der Waals surface area contributed by atoms with Crippen LogP contribution in [0.5, 0.6) is 5.75 Å². The molecule has 0 aliphatic carbocycles. The maximum atomic E-state index is 9.45. The zero-order chi connectivity index (χ0) is 9.84. The summed E-state index contributed by atoms with van der Waals surface area (Å²) in [5.41, 5.74) is 2.56. The fourth-order valence-corrected chi connectivity index (χ4v) is 1.27. The molecule has 1 aromatic carbocycles. The van der Waals surface area contributed by atoms with Crippen LogP contribution in [-0.4, -0.2) is 10.2 Å². The summed E-state index contributed by atoms with van der Waals surface area (Å²) in [4.78, 5) is 0. The van der Waals surface area contributed by atoms with Crippen LogP contribution in [0.2, 0.25) is 0 Å². The van der Waals surface area contributed by atoms with E-state index in [0.29, 0.717) is 5.56 Å². The molecule has 0 bridgehead atoms. The summed E-state index contributed by atoms with van der Waals surface area (Å²) in [6, 6.07) is 5.25. The first kappa shape index (κ1) is 9.81. The number of allylic oxidation sites excluding steroid dienone is 2. The fraction of sp³-hybridized carbons (Fsp3) is 0.273. The second kappa shape index (κ2) is 4.10. The number of benzene rings is 1. The number of hydrogen-bond acceptors (Lipinski definition) is 2. The first-order chi connectivity index (χ1) is 6.20. The van der Waals surface area contributed by atoms with Crippen molar-refractivity contribution in [1.29, 1.82) is 0 Å². The summed E-state index contributed by atoms with van der Waals surface area (Å²) in [5, 5.41) is 18.5. The third-order valence-electron chi connectivity index (χ3n) is 2.17. The van der Waals surface area contributed by atoms with E-state index in [1.165, 1.54) is 0 Å². The largest absolute Gasteiger partial charge is 0.508 e. The van der Waals surface area contributed by atoms with E-state index in [4.69, 9.17) is 5.11 Å². The van der Waals surface area contributed by atoms with Gasteiger partial charge in [-0.3, -0.25) is 0 Å². The van der Waals surface area contributed by atoms with Gasteiger partial charge in [0.1, 0.15) is 5.75 Å². The second-order valence-electron chi connectivity index (χ2n) is 2.93. The van der Waals surface area contributed by atoms with Crippen molar-refractivity contribution in [3.05, 3.63) is 35.4 Å². The molecule has 0 aliphatic heterocycles. The van der Waals surface area contributed by atoms with Crippen LogP contribution in [0, 0.1) is 0 Å². The van der Waals surface area contributed by atoms with Gasteiger partial charge in [0.15, 0.2) is 0 Å². The van der Waals surface area contributed by atoms with Crippen molar-refractivity contribution in [1.82, 2.24) is 0 Å². The Balaban J connectivity index is 3.28. The second-order valence-corrected chi connectivity index (χ2v) is 2.93. The van der Waals surface area contributed by atoms with Gasteiger partial charge < -0.3 is 10.2 Å². The van der Waals surface area contributed by atoms with Crippen LogP contribution in [0.3, 0.4) is 0 Å². The van der Waals surface area contributed by atoms with Crippen molar-refractivity contribution < 1.29 is 10.2 Å². The molecular formula is C11H14O2. The minimum absolute atomic E-state index is 0.132. The van der Waals surface area contributed by atoms with Crippen LogP contribution in [0.4, 0.5) is 0 Å². The van der Waals surface area contributed by atoms with E-state index in [2.05, 4.69) is 0 Å². The van der Waals surface area contributed by atoms with Gasteiger partial charge in [0.05, 0.1) is 6.61 Å². The highest BCUT2D eigenvalue weighted by Gasteiger charge is 2.06. The van der Waals surface area contributed by atoms with E-state index in [9.17, 15) is 5.11 Å². The molecule has 0 unspecified atom stereocenters. The maximum Gasteiger partial charge on any atom is 0.121 e. The quantitative estimate of drug-likeness (QED) is 0.729. The third-order valence-corrected chi connectivity index (χ3v) is 2.17. The van der Waals surface area contributed by atoms with E-state index in [1.807, 2.05) is 26.0 Å². The molecule has 0 spiro atoms. The van der Waals surface area contributed by atoms with Crippen molar-refractivity contribution in [3.8, 4) is 5.75 Å². The number of rotatable bonds is 2. The van der Waals surface area contributed by atoms with Crippen molar-refractivity contribution in [3.63, 3.8) is 0 Å². The molecule has 2 heteroatoms. The molecule has 13 heavy (non-hydrogen) atoms. The van der Waals surface area contributed by atoms with Crippen LogP contribution in [0.15, 0.2) is 24.3 Å². The monoisotopic (exact) mass is 178 g/mol. The Labute approximate surface area is 78.2 Å². The smallest absolute Gasteiger partial charge is 0.121 e. The van der Waals surface area contributed by atoms with Gasteiger partial charge in [-0.2, -0.15) is 0 Å². The lowest BCUT2D eigenvalue weighted by atomic mass is 10.0. The highest BCUT2D eigenvalue weighted by atomic mass is 16.3. The molecule has 0 saturated heterocycles. The molecule has 2 N–H and O–H groups in total. The van der Waals surface area contributed by atoms with Gasteiger partial charge in [0.2, 0.25) is 0 Å². The lowest BCUT2D eigenvalue weighted by Crippen LogP contribution is -1.91. The standard InChI is InChI=1S/C11H14O2/c1-3-8(2)9-5-4-6-11(13)10(9)7-12/h3-6,12-13H,7H2,1-2H3. The summed E-state index contributed by atoms with van der Waals surface area (Å²) in [5.74, 6) is 0.154. The van der Waals surface area contributed by atoms with Gasteiger partial charge in [0.25, 0.3) is 0 Å². The molecule has 0 aliphatic rings. The number of aromatic hydroxyl groups is 1. The summed E-state index contributed by atoms with van der Waals surface area (Å²) in [6.07, 6.45) is 1.95. The Hall–Kier alpha value is -1.28. The van der Waals surface area contributed by atoms with Crippen LogP contribution in [-0.2, 0) is 6.61 Å². The zero-order valence-electron chi connectivity index (χ0n) is 7.91. The van der Waals surface area contributed by atoms with Crippen molar-refractivity contribution in [2.24, 2.45) is 0 Å². The molecule has 2 nitrogen and oxygen atoms in total. The normalized spacial score (nSPS) is 11.8. The highest BCUT2D eigenvalue weighted by Crippen LogP contribution is 2.26. The van der Waals surface area contributed by atoms with Crippen LogP contribution < -0.4 is 0 Å². The Morgan fingerprint density at radius 2 is 2.15 bits per heavy atom. The van der Waals surface area contributed by atoms with E-state index in [1.54, 1.807) is 12.1 Å². The fourth-order valence-electron chi connectivity index (χ4n) is 1.27. The molecule has 0 aromatic heterocycles. The molecule has 0 atom stereocenters. The summed E-state index contributed by atoms with van der Waals surface area (Å²) < 4.78 is 0. The molecular weight excluding hydrogens is 164 g/mol. The predicted molar refractivity (Wildman–Crippen MR) is 53.4 cm³/mol. The SMILES string of the molecule is CC=C(C)c1cccc(O)c1CO. The average Bonchev–Trinajstić information content (AvgIpc) is 2.16. The zero-order valence-corrected chi connectivity index (χ0v) is 7.91. The molecule has 0 amide bonds. The average molecular weight is 178 g/mol. The van der Waals surface area contributed by atoms with E-state index in [-0.39, 0.29) is 12.4 Å². The van der Waals surface area contributed by atoms with Gasteiger partial charge in [-0.05, 0) is 31.1 Å². The molecule has 70 valence electrons. The minimum Gasteiger partial charge on any atom is -0.508 e. The summed E-state index contributed by atoms with van der Waals surface area (Å²) >= 11 is 0. The topological polar surface area (TPSA) is 40.5 Å². The Morgan fingerprint density at radius 1 is 1.46 bits per heavy atom. The first-order valence-corrected chi connectivity index (χ1v) is 4.25. The number of phenols is 1. The highest BCUT2D eigenvalue weighted by molar-refractivity contribution is 5.68. The summed E-state index contributed by atoms with van der Waals surface area (Å²) in [7, 11) is 0. The Kier molecular flexibility index (Phi) is 3.09. The predicted octanol–water partition coefficient (Wildman–Crippen LogP) is 2.31. The van der Waals surface area contributed by atoms with Crippen LogP contribution >= 0.6 is 0 Å². The number of aliphatic hydroxyl groups excluding tert-OH is 1. The van der Waals surface area contributed by atoms with E-state index in [0.717, 1.165) is 11.1 Å². The van der Waals surface area contributed by atoms with Gasteiger partial charge in [-0.1, -0.05) is 18.2 Å². The van der Waals surface area contributed by atoms with Crippen molar-refractivity contribution >= 4 is 5.57 Å². The molecule has 1 aromatic rings. The lowest BCUT2D eigenvalue weighted by molar-refractivity contribution is 0.275. The Bertz CT molecular complexity index is 327. The molecule has 0 fully saturated rings. The Morgan fingerprint density at radius 3 is 2.69 bits per heavy atom. The molecule has 0 heterocycles. The summed E-state index contributed by atoms with van der Waals surface area (Å²) in [6.45, 7) is 3.75. The third kappa shape index (κ3) is 1.90. The first-order valence-electron chi connectivity index (χ1n) is 4.25. The molecule has 1 rings (SSSR count).